The van der Waals surface area contributed by atoms with Crippen molar-refractivity contribution in [2.75, 3.05) is 25.6 Å². The zero-order valence-electron chi connectivity index (χ0n) is 9.52. The highest BCUT2D eigenvalue weighted by Gasteiger charge is 2.17. The molecule has 0 radical (unpaired) electrons. The van der Waals surface area contributed by atoms with Crippen molar-refractivity contribution in [1.29, 1.82) is 0 Å². The van der Waals surface area contributed by atoms with Gasteiger partial charge in [0.25, 0.3) is 0 Å². The van der Waals surface area contributed by atoms with Crippen LogP contribution in [0, 0.1) is 5.92 Å². The first-order valence-corrected chi connectivity index (χ1v) is 5.56. The Labute approximate surface area is 99.7 Å². The third-order valence-electron chi connectivity index (χ3n) is 2.80. The molecule has 1 aliphatic heterocycles. The van der Waals surface area contributed by atoms with Crippen molar-refractivity contribution < 1.29 is 14.3 Å². The lowest BCUT2D eigenvalue weighted by Crippen LogP contribution is -2.14. The van der Waals surface area contributed by atoms with Gasteiger partial charge in [0.15, 0.2) is 0 Å². The summed E-state index contributed by atoms with van der Waals surface area (Å²) >= 11 is 0. The Hall–Kier alpha value is -1.75. The Morgan fingerprint density at radius 2 is 2.35 bits per heavy atom. The van der Waals surface area contributed by atoms with Crippen molar-refractivity contribution >= 4 is 11.6 Å². The largest absolute Gasteiger partial charge is 0.491 e. The number of primary amides is 1. The molecule has 2 rings (SSSR count). The molecule has 1 heterocycles. The van der Waals surface area contributed by atoms with E-state index in [0.29, 0.717) is 29.5 Å². The van der Waals surface area contributed by atoms with Gasteiger partial charge < -0.3 is 20.9 Å². The molecule has 92 valence electrons. The van der Waals surface area contributed by atoms with E-state index in [1.165, 1.54) is 0 Å². The van der Waals surface area contributed by atoms with Gasteiger partial charge in [-0.05, 0) is 24.6 Å². The second-order valence-electron chi connectivity index (χ2n) is 4.16. The summed E-state index contributed by atoms with van der Waals surface area (Å²) in [4.78, 5) is 11.0. The number of rotatable bonds is 4. The van der Waals surface area contributed by atoms with Crippen LogP contribution in [0.4, 0.5) is 5.69 Å². The summed E-state index contributed by atoms with van der Waals surface area (Å²) in [6.07, 6.45) is 0.995. The van der Waals surface area contributed by atoms with Crippen LogP contribution in [0.5, 0.6) is 5.75 Å². The van der Waals surface area contributed by atoms with E-state index in [2.05, 4.69) is 0 Å². The predicted molar refractivity (Wildman–Crippen MR) is 63.8 cm³/mol. The van der Waals surface area contributed by atoms with Gasteiger partial charge >= 0.3 is 0 Å². The quantitative estimate of drug-likeness (QED) is 0.756. The van der Waals surface area contributed by atoms with Gasteiger partial charge in [-0.2, -0.15) is 0 Å². The molecule has 1 amide bonds. The summed E-state index contributed by atoms with van der Waals surface area (Å²) in [5.74, 6) is 0.416. The van der Waals surface area contributed by atoms with E-state index in [1.807, 2.05) is 0 Å². The molecule has 1 atom stereocenters. The molecule has 1 aromatic carbocycles. The molecular formula is C12H16N2O3. The van der Waals surface area contributed by atoms with Crippen LogP contribution in [-0.2, 0) is 4.74 Å². The number of anilines is 1. The van der Waals surface area contributed by atoms with Crippen molar-refractivity contribution in [1.82, 2.24) is 0 Å². The van der Waals surface area contributed by atoms with Crippen LogP contribution in [0.15, 0.2) is 18.2 Å². The lowest BCUT2D eigenvalue weighted by molar-refractivity contribution is 0.0999. The number of carbonyl (C=O) groups excluding carboxylic acids is 1. The van der Waals surface area contributed by atoms with Crippen LogP contribution in [0.1, 0.15) is 16.8 Å². The number of hydrogen-bond donors (Lipinski definition) is 2. The summed E-state index contributed by atoms with van der Waals surface area (Å²) in [7, 11) is 0. The van der Waals surface area contributed by atoms with Gasteiger partial charge in [0.1, 0.15) is 5.75 Å². The molecular weight excluding hydrogens is 220 g/mol. The SMILES string of the molecule is NC(=O)c1ccc(N)c(OCC2CCOC2)c1. The fraction of sp³-hybridized carbons (Fsp3) is 0.417. The predicted octanol–water partition coefficient (Wildman–Crippen LogP) is 0.783. The molecule has 1 aromatic rings. The third-order valence-corrected chi connectivity index (χ3v) is 2.80. The summed E-state index contributed by atoms with van der Waals surface area (Å²) < 4.78 is 10.9. The number of amides is 1. The monoisotopic (exact) mass is 236 g/mol. The second kappa shape index (κ2) is 5.05. The van der Waals surface area contributed by atoms with Crippen molar-refractivity contribution in [2.45, 2.75) is 6.42 Å². The fourth-order valence-corrected chi connectivity index (χ4v) is 1.74. The minimum Gasteiger partial charge on any atom is -0.491 e. The lowest BCUT2D eigenvalue weighted by Gasteiger charge is -2.12. The van der Waals surface area contributed by atoms with Gasteiger partial charge in [0.05, 0.1) is 18.9 Å². The Kier molecular flexibility index (Phi) is 3.49. The van der Waals surface area contributed by atoms with E-state index < -0.39 is 5.91 Å². The maximum Gasteiger partial charge on any atom is 0.248 e. The van der Waals surface area contributed by atoms with Crippen molar-refractivity contribution in [3.8, 4) is 5.75 Å². The van der Waals surface area contributed by atoms with Crippen LogP contribution < -0.4 is 16.2 Å². The molecule has 1 fully saturated rings. The lowest BCUT2D eigenvalue weighted by atomic mass is 10.1. The van der Waals surface area contributed by atoms with Gasteiger partial charge in [0.2, 0.25) is 5.91 Å². The van der Waals surface area contributed by atoms with E-state index in [0.717, 1.165) is 19.6 Å². The molecule has 17 heavy (non-hydrogen) atoms. The number of hydrogen-bond acceptors (Lipinski definition) is 4. The van der Waals surface area contributed by atoms with Gasteiger partial charge in [0, 0.05) is 18.1 Å². The molecule has 1 unspecified atom stereocenters. The number of benzene rings is 1. The van der Waals surface area contributed by atoms with E-state index in [-0.39, 0.29) is 0 Å². The zero-order valence-corrected chi connectivity index (χ0v) is 9.52. The molecule has 0 saturated carbocycles. The van der Waals surface area contributed by atoms with Crippen LogP contribution in [0.2, 0.25) is 0 Å². The summed E-state index contributed by atoms with van der Waals surface area (Å²) in [6, 6.07) is 4.79. The van der Waals surface area contributed by atoms with E-state index in [9.17, 15) is 4.79 Å². The molecule has 4 N–H and O–H groups in total. The summed E-state index contributed by atoms with van der Waals surface area (Å²) in [5, 5.41) is 0. The summed E-state index contributed by atoms with van der Waals surface area (Å²) in [6.45, 7) is 2.05. The van der Waals surface area contributed by atoms with Crippen LogP contribution >= 0.6 is 0 Å². The van der Waals surface area contributed by atoms with Crippen molar-refractivity contribution in [3.63, 3.8) is 0 Å². The molecule has 0 aromatic heterocycles. The Morgan fingerprint density at radius 1 is 1.53 bits per heavy atom. The molecule has 5 nitrogen and oxygen atoms in total. The minimum atomic E-state index is -0.487. The molecule has 0 bridgehead atoms. The van der Waals surface area contributed by atoms with Gasteiger partial charge in [-0.15, -0.1) is 0 Å². The van der Waals surface area contributed by atoms with Gasteiger partial charge in [-0.3, -0.25) is 4.79 Å². The first-order valence-electron chi connectivity index (χ1n) is 5.56. The first kappa shape index (κ1) is 11.7. The third kappa shape index (κ3) is 2.88. The van der Waals surface area contributed by atoms with Crippen molar-refractivity contribution in [3.05, 3.63) is 23.8 Å². The average molecular weight is 236 g/mol. The Bertz CT molecular complexity index is 414. The number of nitrogens with two attached hydrogens (primary N) is 2. The molecule has 1 saturated heterocycles. The summed E-state index contributed by atoms with van der Waals surface area (Å²) in [5.41, 5.74) is 11.9. The van der Waals surface area contributed by atoms with Crippen LogP contribution in [0.3, 0.4) is 0 Å². The number of ether oxygens (including phenoxy) is 2. The first-order chi connectivity index (χ1) is 8.16. The van der Waals surface area contributed by atoms with E-state index >= 15 is 0 Å². The maximum absolute atomic E-state index is 11.0. The average Bonchev–Trinajstić information content (AvgIpc) is 2.80. The second-order valence-corrected chi connectivity index (χ2v) is 4.16. The molecule has 1 aliphatic rings. The molecule has 0 aliphatic carbocycles. The van der Waals surface area contributed by atoms with Gasteiger partial charge in [-0.1, -0.05) is 0 Å². The van der Waals surface area contributed by atoms with Crippen LogP contribution in [0.25, 0.3) is 0 Å². The highest BCUT2D eigenvalue weighted by Crippen LogP contribution is 2.24. The van der Waals surface area contributed by atoms with E-state index in [1.54, 1.807) is 18.2 Å². The Balaban J connectivity index is 2.03. The molecule has 5 heteroatoms. The fourth-order valence-electron chi connectivity index (χ4n) is 1.74. The highest BCUT2D eigenvalue weighted by molar-refractivity contribution is 5.93. The van der Waals surface area contributed by atoms with Crippen molar-refractivity contribution in [2.24, 2.45) is 11.7 Å². The van der Waals surface area contributed by atoms with Crippen LogP contribution in [-0.4, -0.2) is 25.7 Å². The topological polar surface area (TPSA) is 87.6 Å². The Morgan fingerprint density at radius 3 is 3.00 bits per heavy atom. The normalized spacial score (nSPS) is 19.2. The number of nitrogen functional groups attached to an aromatic ring is 1. The molecule has 0 spiro atoms. The minimum absolute atomic E-state index is 0.395. The standard InChI is InChI=1S/C12H16N2O3/c13-10-2-1-9(12(14)15)5-11(10)17-7-8-3-4-16-6-8/h1-2,5,8H,3-4,6-7,13H2,(H2,14,15). The zero-order chi connectivity index (χ0) is 12.3. The smallest absolute Gasteiger partial charge is 0.248 e. The van der Waals surface area contributed by atoms with E-state index in [4.69, 9.17) is 20.9 Å². The highest BCUT2D eigenvalue weighted by atomic mass is 16.5. The number of carbonyl (C=O) groups is 1. The van der Waals surface area contributed by atoms with Gasteiger partial charge in [-0.25, -0.2) is 0 Å². The maximum atomic E-state index is 11.0.